The van der Waals surface area contributed by atoms with Crippen LogP contribution in [0, 0.1) is 6.92 Å². The maximum Gasteiger partial charge on any atom is 0.227 e. The fourth-order valence-corrected chi connectivity index (χ4v) is 2.84. The Balaban J connectivity index is 2.06. The zero-order chi connectivity index (χ0) is 16.2. The van der Waals surface area contributed by atoms with Gasteiger partial charge >= 0.3 is 0 Å². The Morgan fingerprint density at radius 3 is 2.91 bits per heavy atom. The normalized spacial score (nSPS) is 13.8. The first-order valence-corrected chi connectivity index (χ1v) is 8.32. The predicted molar refractivity (Wildman–Crippen MR) is 86.8 cm³/mol. The van der Waals surface area contributed by atoms with Gasteiger partial charge in [0.25, 0.3) is 0 Å². The first kappa shape index (κ1) is 16.7. The second-order valence-corrected chi connectivity index (χ2v) is 6.43. The van der Waals surface area contributed by atoms with Crippen LogP contribution in [0.25, 0.3) is 11.5 Å². The fraction of sp³-hybridized carbons (Fsp3) is 0.500. The zero-order valence-corrected chi connectivity index (χ0v) is 14.0. The topological polar surface area (TPSA) is 75.4 Å². The van der Waals surface area contributed by atoms with E-state index in [4.69, 9.17) is 9.52 Å². The molecular formula is C16H22N2O3S. The summed E-state index contributed by atoms with van der Waals surface area (Å²) in [5.74, 6) is 1.11. The third kappa shape index (κ3) is 3.96. The fourth-order valence-electron chi connectivity index (χ4n) is 2.21. The van der Waals surface area contributed by atoms with Crippen molar-refractivity contribution in [1.82, 2.24) is 10.3 Å². The molecule has 0 spiro atoms. The number of carbonyl (C=O) groups is 1. The minimum absolute atomic E-state index is 0.0515. The summed E-state index contributed by atoms with van der Waals surface area (Å²) < 4.78 is 5.64. The number of nitrogens with zero attached hydrogens (tertiary/aromatic N) is 1. The van der Waals surface area contributed by atoms with Crippen molar-refractivity contribution in [2.45, 2.75) is 45.6 Å². The monoisotopic (exact) mass is 322 g/mol. The van der Waals surface area contributed by atoms with Gasteiger partial charge in [-0.3, -0.25) is 4.79 Å². The quantitative estimate of drug-likeness (QED) is 0.822. The molecule has 0 saturated carbocycles. The van der Waals surface area contributed by atoms with Gasteiger partial charge in [0.05, 0.1) is 12.1 Å². The van der Waals surface area contributed by atoms with Crippen LogP contribution >= 0.6 is 11.3 Å². The third-order valence-electron chi connectivity index (χ3n) is 3.87. The van der Waals surface area contributed by atoms with Crippen LogP contribution in [0.3, 0.4) is 0 Å². The average Bonchev–Trinajstić information content (AvgIpc) is 3.09. The van der Waals surface area contributed by atoms with Crippen LogP contribution < -0.4 is 5.32 Å². The van der Waals surface area contributed by atoms with Gasteiger partial charge in [-0.25, -0.2) is 4.98 Å². The van der Waals surface area contributed by atoms with Gasteiger partial charge in [-0.05, 0) is 38.1 Å². The SMILES string of the molecule is CCC(C)(CCO)NC(=O)Cc1nc(-c2ccsc2)oc1C. The largest absolute Gasteiger partial charge is 0.441 e. The molecule has 2 heterocycles. The third-order valence-corrected chi connectivity index (χ3v) is 4.56. The predicted octanol–water partition coefficient (Wildman–Crippen LogP) is 2.92. The minimum Gasteiger partial charge on any atom is -0.441 e. The van der Waals surface area contributed by atoms with Gasteiger partial charge in [0.15, 0.2) is 0 Å². The molecule has 0 aromatic carbocycles. The first-order chi connectivity index (χ1) is 10.5. The van der Waals surface area contributed by atoms with Crippen molar-refractivity contribution in [1.29, 1.82) is 0 Å². The number of carbonyl (C=O) groups excluding carboxylic acids is 1. The minimum atomic E-state index is -0.389. The lowest BCUT2D eigenvalue weighted by atomic mass is 9.94. The van der Waals surface area contributed by atoms with Gasteiger partial charge in [0, 0.05) is 23.1 Å². The van der Waals surface area contributed by atoms with Crippen molar-refractivity contribution in [3.05, 3.63) is 28.3 Å². The number of aromatic nitrogens is 1. The number of oxazole rings is 1. The summed E-state index contributed by atoms with van der Waals surface area (Å²) in [7, 11) is 0. The molecule has 0 fully saturated rings. The first-order valence-electron chi connectivity index (χ1n) is 7.38. The highest BCUT2D eigenvalue weighted by Gasteiger charge is 2.24. The number of aliphatic hydroxyl groups is 1. The van der Waals surface area contributed by atoms with Gasteiger partial charge in [-0.15, -0.1) is 0 Å². The molecule has 0 aliphatic heterocycles. The second kappa shape index (κ2) is 7.07. The molecule has 0 bridgehead atoms. The van der Waals surface area contributed by atoms with E-state index >= 15 is 0 Å². The summed E-state index contributed by atoms with van der Waals surface area (Å²) in [4.78, 5) is 16.7. The summed E-state index contributed by atoms with van der Waals surface area (Å²) in [5, 5.41) is 16.0. The summed E-state index contributed by atoms with van der Waals surface area (Å²) in [6.07, 6.45) is 1.48. The lowest BCUT2D eigenvalue weighted by Crippen LogP contribution is -2.46. The van der Waals surface area contributed by atoms with Gasteiger partial charge in [0.1, 0.15) is 5.76 Å². The van der Waals surface area contributed by atoms with E-state index in [1.165, 1.54) is 0 Å². The maximum absolute atomic E-state index is 12.2. The molecule has 0 aliphatic rings. The number of aliphatic hydroxyl groups excluding tert-OH is 1. The number of rotatable bonds is 7. The van der Waals surface area contributed by atoms with Crippen molar-refractivity contribution in [2.24, 2.45) is 0 Å². The number of aryl methyl sites for hydroxylation is 1. The van der Waals surface area contributed by atoms with Gasteiger partial charge in [-0.1, -0.05) is 6.92 Å². The Morgan fingerprint density at radius 2 is 2.32 bits per heavy atom. The van der Waals surface area contributed by atoms with E-state index in [9.17, 15) is 4.79 Å². The molecule has 0 saturated heterocycles. The Labute approximate surface area is 134 Å². The number of thiophene rings is 1. The van der Waals surface area contributed by atoms with E-state index in [0.717, 1.165) is 12.0 Å². The number of amides is 1. The van der Waals surface area contributed by atoms with Crippen LogP contribution in [0.1, 0.15) is 38.1 Å². The zero-order valence-electron chi connectivity index (χ0n) is 13.2. The molecule has 0 aliphatic carbocycles. The molecule has 0 radical (unpaired) electrons. The highest BCUT2D eigenvalue weighted by Crippen LogP contribution is 2.24. The Kier molecular flexibility index (Phi) is 5.37. The maximum atomic E-state index is 12.2. The summed E-state index contributed by atoms with van der Waals surface area (Å²) in [6.45, 7) is 5.80. The second-order valence-electron chi connectivity index (χ2n) is 5.65. The number of nitrogens with one attached hydrogen (secondary N) is 1. The van der Waals surface area contributed by atoms with Crippen LogP contribution in [-0.4, -0.2) is 28.1 Å². The smallest absolute Gasteiger partial charge is 0.227 e. The van der Waals surface area contributed by atoms with Crippen molar-refractivity contribution in [3.8, 4) is 11.5 Å². The number of hydrogen-bond acceptors (Lipinski definition) is 5. The van der Waals surface area contributed by atoms with E-state index in [1.807, 2.05) is 37.6 Å². The molecule has 1 unspecified atom stereocenters. The molecule has 1 amide bonds. The van der Waals surface area contributed by atoms with Gasteiger partial charge in [0.2, 0.25) is 11.8 Å². The summed E-state index contributed by atoms with van der Waals surface area (Å²) >= 11 is 1.58. The number of hydrogen-bond donors (Lipinski definition) is 2. The lowest BCUT2D eigenvalue weighted by Gasteiger charge is -2.28. The Morgan fingerprint density at radius 1 is 1.55 bits per heavy atom. The average molecular weight is 322 g/mol. The van der Waals surface area contributed by atoms with Crippen LogP contribution in [0.2, 0.25) is 0 Å². The van der Waals surface area contributed by atoms with Gasteiger partial charge in [-0.2, -0.15) is 11.3 Å². The van der Waals surface area contributed by atoms with E-state index in [-0.39, 0.29) is 24.5 Å². The standard InChI is InChI=1S/C16H22N2O3S/c1-4-16(3,6-7-19)18-14(20)9-13-11(2)21-15(17-13)12-5-8-22-10-12/h5,8,10,19H,4,6-7,9H2,1-3H3,(H,18,20). The van der Waals surface area contributed by atoms with E-state index in [0.29, 0.717) is 23.8 Å². The molecule has 22 heavy (non-hydrogen) atoms. The molecule has 1 atom stereocenters. The summed E-state index contributed by atoms with van der Waals surface area (Å²) in [5.41, 5.74) is 1.19. The molecule has 5 nitrogen and oxygen atoms in total. The van der Waals surface area contributed by atoms with Gasteiger partial charge < -0.3 is 14.8 Å². The Hall–Kier alpha value is -1.66. The van der Waals surface area contributed by atoms with Crippen LogP contribution in [0.5, 0.6) is 0 Å². The summed E-state index contributed by atoms with van der Waals surface area (Å²) in [6, 6.07) is 1.94. The molecule has 2 aromatic rings. The van der Waals surface area contributed by atoms with Crippen molar-refractivity contribution in [2.75, 3.05) is 6.61 Å². The van der Waals surface area contributed by atoms with Crippen molar-refractivity contribution >= 4 is 17.2 Å². The molecule has 2 N–H and O–H groups in total. The van der Waals surface area contributed by atoms with E-state index in [1.54, 1.807) is 11.3 Å². The lowest BCUT2D eigenvalue weighted by molar-refractivity contribution is -0.122. The van der Waals surface area contributed by atoms with Crippen LogP contribution in [0.4, 0.5) is 0 Å². The molecule has 2 rings (SSSR count). The van der Waals surface area contributed by atoms with Crippen LogP contribution in [-0.2, 0) is 11.2 Å². The van der Waals surface area contributed by atoms with Crippen molar-refractivity contribution in [3.63, 3.8) is 0 Å². The van der Waals surface area contributed by atoms with Crippen LogP contribution in [0.15, 0.2) is 21.2 Å². The van der Waals surface area contributed by atoms with Crippen molar-refractivity contribution < 1.29 is 14.3 Å². The molecular weight excluding hydrogens is 300 g/mol. The highest BCUT2D eigenvalue weighted by molar-refractivity contribution is 7.08. The van der Waals surface area contributed by atoms with E-state index < -0.39 is 0 Å². The van der Waals surface area contributed by atoms with E-state index in [2.05, 4.69) is 10.3 Å². The highest BCUT2D eigenvalue weighted by atomic mass is 32.1. The Bertz CT molecular complexity index is 621. The molecule has 6 heteroatoms. The molecule has 120 valence electrons. The molecule has 2 aromatic heterocycles.